The second kappa shape index (κ2) is 13.1. The molecule has 6 aromatic rings. The number of hydrogen-bond acceptors (Lipinski definition) is 7. The molecular weight excluding hydrogens is 570 g/mol. The molecule has 0 fully saturated rings. The molecule has 3 aromatic carbocycles. The first-order valence-electron chi connectivity index (χ1n) is 14.7. The van der Waals surface area contributed by atoms with E-state index in [9.17, 15) is 4.79 Å². The summed E-state index contributed by atoms with van der Waals surface area (Å²) in [6, 6.07) is 25.6. The van der Waals surface area contributed by atoms with Gasteiger partial charge in [0.2, 0.25) is 4.96 Å². The molecule has 3 heterocycles. The monoisotopic (exact) mass is 603 g/mol. The smallest absolute Gasteiger partial charge is 0.291 e. The summed E-state index contributed by atoms with van der Waals surface area (Å²) in [6.07, 6.45) is 9.76. The van der Waals surface area contributed by atoms with E-state index in [-0.39, 0.29) is 11.7 Å². The van der Waals surface area contributed by atoms with Crippen molar-refractivity contribution in [1.82, 2.24) is 24.4 Å². The molecule has 6 rings (SSSR count). The van der Waals surface area contributed by atoms with Gasteiger partial charge < -0.3 is 9.47 Å². The van der Waals surface area contributed by atoms with Crippen molar-refractivity contribution >= 4 is 34.5 Å². The number of para-hydroxylation sites is 1. The van der Waals surface area contributed by atoms with Crippen LogP contribution in [-0.4, -0.2) is 37.1 Å². The lowest BCUT2D eigenvalue weighted by Gasteiger charge is -2.09. The summed E-state index contributed by atoms with van der Waals surface area (Å²) in [5, 5.41) is 9.35. The van der Waals surface area contributed by atoms with Gasteiger partial charge in [0.1, 0.15) is 17.2 Å². The molecule has 0 saturated carbocycles. The molecule has 0 aliphatic rings. The molecule has 0 N–H and O–H groups in total. The van der Waals surface area contributed by atoms with E-state index in [0.717, 1.165) is 59.0 Å². The van der Waals surface area contributed by atoms with Crippen LogP contribution in [0.25, 0.3) is 40.1 Å². The minimum absolute atomic E-state index is 0.0848. The molecule has 3 aromatic heterocycles. The fourth-order valence-corrected chi connectivity index (χ4v) is 5.54. The predicted octanol–water partition coefficient (Wildman–Crippen LogP) is 6.69. The molecule has 8 nitrogen and oxygen atoms in total. The minimum atomic E-state index is -0.218. The molecule has 9 heteroatoms. The van der Waals surface area contributed by atoms with E-state index < -0.39 is 0 Å². The zero-order valence-corrected chi connectivity index (χ0v) is 25.7. The van der Waals surface area contributed by atoms with Crippen molar-refractivity contribution in [1.29, 1.82) is 0 Å². The van der Waals surface area contributed by atoms with Crippen LogP contribution in [0.4, 0.5) is 0 Å². The molecule has 0 spiro atoms. The Balaban J connectivity index is 1.29. The van der Waals surface area contributed by atoms with Crippen LogP contribution < -0.4 is 19.6 Å². The SMILES string of the molecule is CCCCOc1ccc(/C=C/c2nc3s/c(=C\c4cn(-c5ccccc5)nc4-c4ccc(OC(C)C)cc4)c(=O)n3n2)cc1. The van der Waals surface area contributed by atoms with Crippen molar-refractivity contribution in [2.75, 3.05) is 6.61 Å². The summed E-state index contributed by atoms with van der Waals surface area (Å²) in [5.41, 5.74) is 4.19. The van der Waals surface area contributed by atoms with E-state index >= 15 is 0 Å². The molecular formula is C35H33N5O3S. The maximum Gasteiger partial charge on any atom is 0.291 e. The molecule has 0 saturated heterocycles. The van der Waals surface area contributed by atoms with Gasteiger partial charge in [-0.1, -0.05) is 61.1 Å². The van der Waals surface area contributed by atoms with Crippen LogP contribution in [0.3, 0.4) is 0 Å². The Labute approximate surface area is 259 Å². The number of thiazole rings is 1. The maximum atomic E-state index is 13.4. The van der Waals surface area contributed by atoms with Gasteiger partial charge in [0.25, 0.3) is 5.56 Å². The van der Waals surface area contributed by atoms with Crippen LogP contribution in [0.2, 0.25) is 0 Å². The van der Waals surface area contributed by atoms with E-state index in [0.29, 0.717) is 15.3 Å². The van der Waals surface area contributed by atoms with Crippen molar-refractivity contribution < 1.29 is 9.47 Å². The first-order chi connectivity index (χ1) is 21.5. The van der Waals surface area contributed by atoms with Crippen molar-refractivity contribution in [2.45, 2.75) is 39.7 Å². The fourth-order valence-electron chi connectivity index (χ4n) is 4.63. The molecule has 0 atom stereocenters. The van der Waals surface area contributed by atoms with Crippen LogP contribution >= 0.6 is 11.3 Å². The van der Waals surface area contributed by atoms with Crippen molar-refractivity contribution in [3.63, 3.8) is 0 Å². The number of benzene rings is 3. The second-order valence-electron chi connectivity index (χ2n) is 10.6. The third kappa shape index (κ3) is 6.63. The summed E-state index contributed by atoms with van der Waals surface area (Å²) in [6.45, 7) is 6.86. The Morgan fingerprint density at radius 1 is 0.909 bits per heavy atom. The van der Waals surface area contributed by atoms with Gasteiger partial charge in [-0.25, -0.2) is 4.68 Å². The predicted molar refractivity (Wildman–Crippen MR) is 176 cm³/mol. The number of unbranched alkanes of at least 4 members (excludes halogenated alkanes) is 1. The van der Waals surface area contributed by atoms with Gasteiger partial charge in [0.15, 0.2) is 5.82 Å². The van der Waals surface area contributed by atoms with Crippen LogP contribution in [0.1, 0.15) is 50.6 Å². The average Bonchev–Trinajstić information content (AvgIpc) is 3.72. The minimum Gasteiger partial charge on any atom is -0.494 e. The van der Waals surface area contributed by atoms with Gasteiger partial charge in [-0.3, -0.25) is 4.79 Å². The molecule has 222 valence electrons. The van der Waals surface area contributed by atoms with E-state index in [1.165, 1.54) is 15.9 Å². The molecule has 0 bridgehead atoms. The number of aromatic nitrogens is 5. The molecule has 44 heavy (non-hydrogen) atoms. The summed E-state index contributed by atoms with van der Waals surface area (Å²) < 4.78 is 15.3. The first-order valence-corrected chi connectivity index (χ1v) is 15.5. The molecule has 0 aliphatic carbocycles. The van der Waals surface area contributed by atoms with Crippen LogP contribution in [-0.2, 0) is 0 Å². The van der Waals surface area contributed by atoms with Gasteiger partial charge in [-0.2, -0.15) is 14.6 Å². The van der Waals surface area contributed by atoms with Gasteiger partial charge in [-0.15, -0.1) is 5.10 Å². The Morgan fingerprint density at radius 2 is 1.66 bits per heavy atom. The second-order valence-corrected chi connectivity index (χ2v) is 11.6. The quantitative estimate of drug-likeness (QED) is 0.154. The molecule has 0 amide bonds. The van der Waals surface area contributed by atoms with Crippen molar-refractivity contribution in [3.8, 4) is 28.4 Å². The number of fused-ring (bicyclic) bond motifs is 1. The third-order valence-corrected chi connectivity index (χ3v) is 7.78. The molecule has 0 unspecified atom stereocenters. The zero-order valence-electron chi connectivity index (χ0n) is 24.9. The van der Waals surface area contributed by atoms with Gasteiger partial charge in [-0.05, 0) is 86.5 Å². The Kier molecular flexibility index (Phi) is 8.65. The van der Waals surface area contributed by atoms with E-state index in [1.54, 1.807) is 0 Å². The summed E-state index contributed by atoms with van der Waals surface area (Å²) in [5.74, 6) is 2.12. The standard InChI is InChI=1S/C35H33N5O3S/c1-4-5-21-42-29-16-11-25(12-17-29)13-20-32-36-35-40(37-32)34(41)31(44-35)22-27-23-39(28-9-7-6-8-10-28)38-33(27)26-14-18-30(19-15-26)43-24(2)3/h6-20,22-24H,4-5,21H2,1-3H3/b20-13+,31-22-. The van der Waals surface area contributed by atoms with Gasteiger partial charge >= 0.3 is 0 Å². The van der Waals surface area contributed by atoms with E-state index in [1.807, 2.05) is 122 Å². The number of nitrogens with zero attached hydrogens (tertiary/aromatic N) is 5. The highest BCUT2D eigenvalue weighted by molar-refractivity contribution is 7.15. The lowest BCUT2D eigenvalue weighted by Crippen LogP contribution is -2.23. The third-order valence-electron chi connectivity index (χ3n) is 6.82. The number of hydrogen-bond donors (Lipinski definition) is 0. The maximum absolute atomic E-state index is 13.4. The summed E-state index contributed by atoms with van der Waals surface area (Å²) in [4.78, 5) is 18.5. The van der Waals surface area contributed by atoms with Crippen molar-refractivity contribution in [3.05, 3.63) is 117 Å². The largest absolute Gasteiger partial charge is 0.494 e. The zero-order chi connectivity index (χ0) is 30.5. The van der Waals surface area contributed by atoms with Crippen LogP contribution in [0.15, 0.2) is 89.9 Å². The fraction of sp³-hybridized carbons (Fsp3) is 0.200. The lowest BCUT2D eigenvalue weighted by atomic mass is 10.1. The highest BCUT2D eigenvalue weighted by Gasteiger charge is 2.14. The highest BCUT2D eigenvalue weighted by atomic mass is 32.1. The Bertz CT molecular complexity index is 1990. The number of rotatable bonds is 11. The molecule has 0 radical (unpaired) electrons. The Morgan fingerprint density at radius 3 is 2.36 bits per heavy atom. The van der Waals surface area contributed by atoms with Crippen LogP contribution in [0.5, 0.6) is 11.5 Å². The Hall–Kier alpha value is -5.02. The first kappa shape index (κ1) is 29.1. The topological polar surface area (TPSA) is 83.5 Å². The molecule has 0 aliphatic heterocycles. The van der Waals surface area contributed by atoms with E-state index in [4.69, 9.17) is 14.6 Å². The number of ether oxygens (including phenoxy) is 2. The normalized spacial score (nSPS) is 12.1. The summed E-state index contributed by atoms with van der Waals surface area (Å²) in [7, 11) is 0. The van der Waals surface area contributed by atoms with Crippen LogP contribution in [0, 0.1) is 0 Å². The highest BCUT2D eigenvalue weighted by Crippen LogP contribution is 2.27. The van der Waals surface area contributed by atoms with E-state index in [2.05, 4.69) is 17.0 Å². The lowest BCUT2D eigenvalue weighted by molar-refractivity contribution is 0.242. The van der Waals surface area contributed by atoms with Gasteiger partial charge in [0.05, 0.1) is 22.9 Å². The van der Waals surface area contributed by atoms with Gasteiger partial charge in [0, 0.05) is 17.3 Å². The van der Waals surface area contributed by atoms with Crippen molar-refractivity contribution in [2.24, 2.45) is 0 Å². The average molecular weight is 604 g/mol. The summed E-state index contributed by atoms with van der Waals surface area (Å²) >= 11 is 1.30.